The lowest BCUT2D eigenvalue weighted by Gasteiger charge is -1.98. The summed E-state index contributed by atoms with van der Waals surface area (Å²) in [5, 5.41) is 0. The third-order valence-corrected chi connectivity index (χ3v) is 2.23. The Morgan fingerprint density at radius 3 is 2.87 bits per heavy atom. The Morgan fingerprint density at radius 2 is 2.27 bits per heavy atom. The number of pyridine rings is 1. The molecule has 0 bridgehead atoms. The summed E-state index contributed by atoms with van der Waals surface area (Å²) in [5.74, 6) is 0.705. The van der Waals surface area contributed by atoms with Crippen molar-refractivity contribution in [3.8, 4) is 0 Å². The van der Waals surface area contributed by atoms with E-state index in [4.69, 9.17) is 4.42 Å². The molecule has 0 unspecified atom stereocenters. The van der Waals surface area contributed by atoms with Crippen LogP contribution in [0.25, 0.3) is 0 Å². The minimum atomic E-state index is 0.0416. The maximum atomic E-state index is 11.8. The van der Waals surface area contributed by atoms with Gasteiger partial charge in [0.1, 0.15) is 5.76 Å². The average Bonchev–Trinajstić information content (AvgIpc) is 2.66. The van der Waals surface area contributed by atoms with Gasteiger partial charge in [-0.15, -0.1) is 0 Å². The van der Waals surface area contributed by atoms with Gasteiger partial charge in [-0.25, -0.2) is 0 Å². The van der Waals surface area contributed by atoms with Crippen molar-refractivity contribution in [2.45, 2.75) is 13.3 Å². The first-order valence-electron chi connectivity index (χ1n) is 4.74. The first-order chi connectivity index (χ1) is 7.27. The highest BCUT2D eigenvalue weighted by Gasteiger charge is 2.12. The molecular weight excluding hydrogens is 190 g/mol. The molecule has 2 aromatic rings. The number of aryl methyl sites for hydroxylation is 1. The maximum Gasteiger partial charge on any atom is 0.172 e. The van der Waals surface area contributed by atoms with Crippen molar-refractivity contribution in [2.24, 2.45) is 0 Å². The van der Waals surface area contributed by atoms with Gasteiger partial charge in [0, 0.05) is 11.9 Å². The molecule has 76 valence electrons. The second-order valence-electron chi connectivity index (χ2n) is 3.31. The zero-order valence-corrected chi connectivity index (χ0v) is 8.43. The first-order valence-corrected chi connectivity index (χ1v) is 4.74. The van der Waals surface area contributed by atoms with E-state index < -0.39 is 0 Å². The Morgan fingerprint density at radius 1 is 1.40 bits per heavy atom. The molecule has 15 heavy (non-hydrogen) atoms. The molecule has 2 heterocycles. The summed E-state index contributed by atoms with van der Waals surface area (Å²) in [5.41, 5.74) is 1.42. The van der Waals surface area contributed by atoms with E-state index >= 15 is 0 Å². The number of Topliss-reactive ketones (excluding diaryl/α,β-unsaturated/α-hetero) is 1. The minimum absolute atomic E-state index is 0.0416. The summed E-state index contributed by atoms with van der Waals surface area (Å²) in [6.45, 7) is 1.78. The normalized spacial score (nSPS) is 10.2. The summed E-state index contributed by atoms with van der Waals surface area (Å²) < 4.78 is 5.08. The molecule has 0 saturated heterocycles. The zero-order valence-electron chi connectivity index (χ0n) is 8.43. The quantitative estimate of drug-likeness (QED) is 0.716. The lowest BCUT2D eigenvalue weighted by molar-refractivity contribution is 0.0990. The Kier molecular flexibility index (Phi) is 2.63. The summed E-state index contributed by atoms with van der Waals surface area (Å²) in [6.07, 6.45) is 3.53. The Bertz CT molecular complexity index is 459. The molecule has 0 aromatic carbocycles. The zero-order chi connectivity index (χ0) is 10.7. The van der Waals surface area contributed by atoms with Gasteiger partial charge in [-0.1, -0.05) is 6.07 Å². The van der Waals surface area contributed by atoms with Gasteiger partial charge in [0.25, 0.3) is 0 Å². The van der Waals surface area contributed by atoms with Crippen molar-refractivity contribution in [2.75, 3.05) is 0 Å². The van der Waals surface area contributed by atoms with Crippen LogP contribution in [0.1, 0.15) is 21.8 Å². The summed E-state index contributed by atoms with van der Waals surface area (Å²) >= 11 is 0. The van der Waals surface area contributed by atoms with Crippen LogP contribution in [0, 0.1) is 6.92 Å². The summed E-state index contributed by atoms with van der Waals surface area (Å²) in [4.78, 5) is 15.9. The Balaban J connectivity index is 2.15. The molecule has 0 atom stereocenters. The number of carbonyl (C=O) groups excluding carboxylic acids is 1. The van der Waals surface area contributed by atoms with Crippen molar-refractivity contribution in [1.29, 1.82) is 0 Å². The topological polar surface area (TPSA) is 43.1 Å². The molecule has 0 aliphatic heterocycles. The molecule has 3 heteroatoms. The number of furan rings is 1. The fraction of sp³-hybridized carbons (Fsp3) is 0.167. The monoisotopic (exact) mass is 201 g/mol. The summed E-state index contributed by atoms with van der Waals surface area (Å²) in [6, 6.07) is 7.24. The molecular formula is C12H11NO2. The number of hydrogen-bond donors (Lipinski definition) is 0. The van der Waals surface area contributed by atoms with Gasteiger partial charge >= 0.3 is 0 Å². The fourth-order valence-corrected chi connectivity index (χ4v) is 1.44. The summed E-state index contributed by atoms with van der Waals surface area (Å²) in [7, 11) is 0. The van der Waals surface area contributed by atoms with Crippen LogP contribution >= 0.6 is 0 Å². The van der Waals surface area contributed by atoms with E-state index in [1.807, 2.05) is 18.2 Å². The molecule has 0 N–H and O–H groups in total. The van der Waals surface area contributed by atoms with Gasteiger partial charge in [0.15, 0.2) is 5.78 Å². The number of ketones is 1. The Labute approximate surface area is 87.8 Å². The standard InChI is InChI=1S/C12H11NO2/c1-9-11(5-7-15-9)12(14)8-10-4-2-3-6-13-10/h2-7H,8H2,1H3. The van der Waals surface area contributed by atoms with E-state index in [-0.39, 0.29) is 5.78 Å². The molecule has 0 fully saturated rings. The molecule has 0 aliphatic carbocycles. The Hall–Kier alpha value is -1.90. The van der Waals surface area contributed by atoms with E-state index in [1.54, 1.807) is 19.2 Å². The number of carbonyl (C=O) groups is 1. The molecule has 0 amide bonds. The minimum Gasteiger partial charge on any atom is -0.469 e. The van der Waals surface area contributed by atoms with Crippen molar-refractivity contribution in [3.05, 3.63) is 53.7 Å². The SMILES string of the molecule is Cc1occc1C(=O)Cc1ccccn1. The van der Waals surface area contributed by atoms with Crippen LogP contribution in [0.3, 0.4) is 0 Å². The average molecular weight is 201 g/mol. The van der Waals surface area contributed by atoms with Gasteiger partial charge in [-0.05, 0) is 25.1 Å². The van der Waals surface area contributed by atoms with E-state index in [9.17, 15) is 4.79 Å². The van der Waals surface area contributed by atoms with Crippen molar-refractivity contribution in [1.82, 2.24) is 4.98 Å². The second kappa shape index (κ2) is 4.09. The molecule has 0 saturated carbocycles. The van der Waals surface area contributed by atoms with Gasteiger partial charge < -0.3 is 4.42 Å². The molecule has 0 aliphatic rings. The molecule has 0 spiro atoms. The highest BCUT2D eigenvalue weighted by molar-refractivity contribution is 5.98. The first kappa shape index (κ1) is 9.65. The fourth-order valence-electron chi connectivity index (χ4n) is 1.44. The third kappa shape index (κ3) is 2.13. The number of rotatable bonds is 3. The van der Waals surface area contributed by atoms with Crippen LogP contribution in [0.4, 0.5) is 0 Å². The molecule has 3 nitrogen and oxygen atoms in total. The van der Waals surface area contributed by atoms with E-state index in [1.165, 1.54) is 6.26 Å². The van der Waals surface area contributed by atoms with Crippen LogP contribution in [-0.2, 0) is 6.42 Å². The predicted octanol–water partition coefficient (Wildman–Crippen LogP) is 2.41. The lowest BCUT2D eigenvalue weighted by Crippen LogP contribution is -2.04. The largest absolute Gasteiger partial charge is 0.469 e. The highest BCUT2D eigenvalue weighted by Crippen LogP contribution is 2.11. The van der Waals surface area contributed by atoms with Crippen LogP contribution in [0.15, 0.2) is 41.1 Å². The molecule has 2 aromatic heterocycles. The van der Waals surface area contributed by atoms with Crippen molar-refractivity contribution < 1.29 is 9.21 Å². The van der Waals surface area contributed by atoms with Crippen LogP contribution in [0.2, 0.25) is 0 Å². The van der Waals surface area contributed by atoms with Crippen molar-refractivity contribution >= 4 is 5.78 Å². The van der Waals surface area contributed by atoms with E-state index in [0.717, 1.165) is 5.69 Å². The number of hydrogen-bond acceptors (Lipinski definition) is 3. The lowest BCUT2D eigenvalue weighted by atomic mass is 10.1. The number of aromatic nitrogens is 1. The van der Waals surface area contributed by atoms with Crippen LogP contribution < -0.4 is 0 Å². The highest BCUT2D eigenvalue weighted by atomic mass is 16.3. The van der Waals surface area contributed by atoms with Gasteiger partial charge in [0.05, 0.1) is 18.2 Å². The smallest absolute Gasteiger partial charge is 0.172 e. The van der Waals surface area contributed by atoms with Gasteiger partial charge in [-0.3, -0.25) is 9.78 Å². The van der Waals surface area contributed by atoms with Crippen LogP contribution in [-0.4, -0.2) is 10.8 Å². The number of nitrogens with zero attached hydrogens (tertiary/aromatic N) is 1. The van der Waals surface area contributed by atoms with E-state index in [2.05, 4.69) is 4.98 Å². The molecule has 0 radical (unpaired) electrons. The van der Waals surface area contributed by atoms with Crippen molar-refractivity contribution in [3.63, 3.8) is 0 Å². The van der Waals surface area contributed by atoms with Crippen LogP contribution in [0.5, 0.6) is 0 Å². The van der Waals surface area contributed by atoms with E-state index in [0.29, 0.717) is 17.7 Å². The van der Waals surface area contributed by atoms with Gasteiger partial charge in [-0.2, -0.15) is 0 Å². The van der Waals surface area contributed by atoms with Gasteiger partial charge in [0.2, 0.25) is 0 Å². The maximum absolute atomic E-state index is 11.8. The third-order valence-electron chi connectivity index (χ3n) is 2.23. The second-order valence-corrected chi connectivity index (χ2v) is 3.31. The molecule has 2 rings (SSSR count). The predicted molar refractivity (Wildman–Crippen MR) is 55.7 cm³/mol.